The first-order valence-electron chi connectivity index (χ1n) is 8.87. The number of benzene rings is 2. The van der Waals surface area contributed by atoms with Gasteiger partial charge >= 0.3 is 0 Å². The summed E-state index contributed by atoms with van der Waals surface area (Å²) in [5, 5.41) is 10.9. The number of hydrogen-bond acceptors (Lipinski definition) is 8. The second-order valence-corrected chi connectivity index (χ2v) is 7.32. The Bertz CT molecular complexity index is 1090. The Morgan fingerprint density at radius 1 is 1.23 bits per heavy atom. The van der Waals surface area contributed by atoms with Crippen LogP contribution >= 0.6 is 11.8 Å². The molecule has 0 unspecified atom stereocenters. The number of rotatable bonds is 8. The summed E-state index contributed by atoms with van der Waals surface area (Å²) in [4.78, 5) is 47.0. The standard InChI is InChI=1S/C20H17N3O7S/c1-29-15-7-13(8-17-19(25)22(10-18(21)24)20(26)31-17)14(23(27)28)9-16(15)30-11-12-5-3-2-4-6-12/h2-9H,10-11H2,1H3,(H2,21,24)/b17-8-. The fraction of sp³-hybridized carbons (Fsp3) is 0.150. The molecule has 0 spiro atoms. The molecule has 31 heavy (non-hydrogen) atoms. The highest BCUT2D eigenvalue weighted by Gasteiger charge is 2.36. The number of ether oxygens (including phenoxy) is 2. The molecule has 0 bridgehead atoms. The van der Waals surface area contributed by atoms with Crippen LogP contribution in [-0.2, 0) is 16.2 Å². The second kappa shape index (κ2) is 9.30. The lowest BCUT2D eigenvalue weighted by atomic mass is 10.1. The van der Waals surface area contributed by atoms with Crippen molar-refractivity contribution in [3.8, 4) is 11.5 Å². The topological polar surface area (TPSA) is 142 Å². The Balaban J connectivity index is 1.94. The first kappa shape index (κ1) is 21.8. The summed E-state index contributed by atoms with van der Waals surface area (Å²) in [6, 6.07) is 11.8. The van der Waals surface area contributed by atoms with Crippen LogP contribution in [0, 0.1) is 10.1 Å². The third-order valence-corrected chi connectivity index (χ3v) is 5.13. The van der Waals surface area contributed by atoms with Gasteiger partial charge < -0.3 is 15.2 Å². The maximum absolute atomic E-state index is 12.4. The molecule has 1 fully saturated rings. The van der Waals surface area contributed by atoms with Crippen molar-refractivity contribution in [2.75, 3.05) is 13.7 Å². The quantitative estimate of drug-likeness (QED) is 0.373. The fourth-order valence-electron chi connectivity index (χ4n) is 2.78. The Kier molecular flexibility index (Phi) is 6.55. The normalized spacial score (nSPS) is 14.7. The zero-order valence-electron chi connectivity index (χ0n) is 16.3. The van der Waals surface area contributed by atoms with E-state index >= 15 is 0 Å². The minimum absolute atomic E-state index is 0.0403. The van der Waals surface area contributed by atoms with Crippen LogP contribution in [0.3, 0.4) is 0 Å². The van der Waals surface area contributed by atoms with E-state index in [-0.39, 0.29) is 34.3 Å². The number of imide groups is 1. The van der Waals surface area contributed by atoms with Crippen LogP contribution in [-0.4, -0.2) is 40.5 Å². The highest BCUT2D eigenvalue weighted by atomic mass is 32.2. The molecule has 160 valence electrons. The van der Waals surface area contributed by atoms with Crippen LogP contribution in [0.25, 0.3) is 6.08 Å². The molecule has 3 rings (SSSR count). The lowest BCUT2D eigenvalue weighted by Crippen LogP contribution is -2.36. The van der Waals surface area contributed by atoms with Gasteiger partial charge in [0.25, 0.3) is 16.8 Å². The van der Waals surface area contributed by atoms with Crippen LogP contribution in [0.4, 0.5) is 10.5 Å². The maximum Gasteiger partial charge on any atom is 0.294 e. The average Bonchev–Trinajstić information content (AvgIpc) is 2.99. The molecular formula is C20H17N3O7S. The smallest absolute Gasteiger partial charge is 0.294 e. The van der Waals surface area contributed by atoms with Gasteiger partial charge in [0, 0.05) is 0 Å². The van der Waals surface area contributed by atoms with Gasteiger partial charge in [-0.3, -0.25) is 29.4 Å². The van der Waals surface area contributed by atoms with Crippen molar-refractivity contribution in [3.05, 3.63) is 68.6 Å². The Labute approximate surface area is 180 Å². The first-order valence-corrected chi connectivity index (χ1v) is 9.68. The number of thioether (sulfide) groups is 1. The molecule has 3 amide bonds. The Morgan fingerprint density at radius 2 is 1.94 bits per heavy atom. The van der Waals surface area contributed by atoms with Crippen molar-refractivity contribution < 1.29 is 28.8 Å². The summed E-state index contributed by atoms with van der Waals surface area (Å²) in [6.07, 6.45) is 1.20. The van der Waals surface area contributed by atoms with Crippen LogP contribution in [0.2, 0.25) is 0 Å². The van der Waals surface area contributed by atoms with E-state index in [2.05, 4.69) is 0 Å². The third-order valence-electron chi connectivity index (χ3n) is 4.22. The second-order valence-electron chi connectivity index (χ2n) is 6.33. The van der Waals surface area contributed by atoms with Gasteiger partial charge in [-0.1, -0.05) is 30.3 Å². The number of hydrogen-bond donors (Lipinski definition) is 1. The van der Waals surface area contributed by atoms with E-state index in [9.17, 15) is 24.5 Å². The third kappa shape index (κ3) is 5.01. The number of primary amides is 1. The van der Waals surface area contributed by atoms with Crippen molar-refractivity contribution in [1.29, 1.82) is 0 Å². The van der Waals surface area contributed by atoms with E-state index < -0.39 is 28.5 Å². The van der Waals surface area contributed by atoms with E-state index in [1.165, 1.54) is 25.3 Å². The van der Waals surface area contributed by atoms with E-state index in [0.717, 1.165) is 5.56 Å². The summed E-state index contributed by atoms with van der Waals surface area (Å²) in [5.41, 5.74) is 5.61. The molecule has 0 aromatic heterocycles. The van der Waals surface area contributed by atoms with Crippen molar-refractivity contribution >= 4 is 40.6 Å². The van der Waals surface area contributed by atoms with Gasteiger partial charge in [-0.15, -0.1) is 0 Å². The van der Waals surface area contributed by atoms with Crippen LogP contribution in [0.1, 0.15) is 11.1 Å². The molecule has 2 aromatic carbocycles. The van der Waals surface area contributed by atoms with Gasteiger partial charge in [-0.25, -0.2) is 0 Å². The largest absolute Gasteiger partial charge is 0.493 e. The predicted octanol–water partition coefficient (Wildman–Crippen LogP) is 2.70. The Morgan fingerprint density at radius 3 is 2.55 bits per heavy atom. The van der Waals surface area contributed by atoms with Gasteiger partial charge in [0.05, 0.1) is 28.6 Å². The van der Waals surface area contributed by atoms with Crippen molar-refractivity contribution in [2.45, 2.75) is 6.61 Å². The number of nitro benzene ring substituents is 1. The van der Waals surface area contributed by atoms with Crippen LogP contribution < -0.4 is 15.2 Å². The van der Waals surface area contributed by atoms with Gasteiger partial charge in [0.2, 0.25) is 5.91 Å². The number of carbonyl (C=O) groups excluding carboxylic acids is 3. The molecule has 1 aliphatic rings. The van der Waals surface area contributed by atoms with Crippen molar-refractivity contribution in [3.63, 3.8) is 0 Å². The lowest BCUT2D eigenvalue weighted by molar-refractivity contribution is -0.385. The molecule has 0 saturated carbocycles. The molecule has 0 radical (unpaired) electrons. The highest BCUT2D eigenvalue weighted by molar-refractivity contribution is 8.18. The number of amides is 3. The summed E-state index contributed by atoms with van der Waals surface area (Å²) >= 11 is 0.560. The van der Waals surface area contributed by atoms with Crippen molar-refractivity contribution in [1.82, 2.24) is 4.90 Å². The van der Waals surface area contributed by atoms with E-state index in [1.807, 2.05) is 30.3 Å². The molecule has 1 heterocycles. The molecule has 2 aromatic rings. The van der Waals surface area contributed by atoms with E-state index in [4.69, 9.17) is 15.2 Å². The minimum Gasteiger partial charge on any atom is -0.493 e. The SMILES string of the molecule is COc1cc(/C=C2\SC(=O)N(CC(N)=O)C2=O)c([N+](=O)[O-])cc1OCc1ccccc1. The van der Waals surface area contributed by atoms with Crippen LogP contribution in [0.5, 0.6) is 11.5 Å². The van der Waals surface area contributed by atoms with E-state index in [0.29, 0.717) is 16.7 Å². The summed E-state index contributed by atoms with van der Waals surface area (Å²) < 4.78 is 11.0. The molecule has 0 atom stereocenters. The molecule has 2 N–H and O–H groups in total. The number of methoxy groups -OCH3 is 1. The molecule has 10 nitrogen and oxygen atoms in total. The number of nitrogens with two attached hydrogens (primary N) is 1. The molecular weight excluding hydrogens is 426 g/mol. The summed E-state index contributed by atoms with van der Waals surface area (Å²) in [7, 11) is 1.38. The zero-order chi connectivity index (χ0) is 22.5. The van der Waals surface area contributed by atoms with Crippen molar-refractivity contribution in [2.24, 2.45) is 5.73 Å². The predicted molar refractivity (Wildman–Crippen MR) is 112 cm³/mol. The number of nitrogens with zero attached hydrogens (tertiary/aromatic N) is 2. The summed E-state index contributed by atoms with van der Waals surface area (Å²) in [6.45, 7) is -0.403. The lowest BCUT2D eigenvalue weighted by Gasteiger charge is -2.12. The maximum atomic E-state index is 12.4. The minimum atomic E-state index is -0.851. The first-order chi connectivity index (χ1) is 14.8. The molecule has 1 aliphatic heterocycles. The number of nitro groups is 1. The van der Waals surface area contributed by atoms with Gasteiger partial charge in [0.15, 0.2) is 11.5 Å². The van der Waals surface area contributed by atoms with Crippen LogP contribution in [0.15, 0.2) is 47.4 Å². The summed E-state index contributed by atoms with van der Waals surface area (Å²) in [5.74, 6) is -1.25. The Hall–Kier alpha value is -3.86. The molecule has 0 aliphatic carbocycles. The van der Waals surface area contributed by atoms with Gasteiger partial charge in [-0.05, 0) is 29.5 Å². The van der Waals surface area contributed by atoms with Gasteiger partial charge in [0.1, 0.15) is 13.2 Å². The van der Waals surface area contributed by atoms with Gasteiger partial charge in [-0.2, -0.15) is 0 Å². The zero-order valence-corrected chi connectivity index (χ0v) is 17.1. The molecule has 11 heteroatoms. The van der Waals surface area contributed by atoms with E-state index in [1.54, 1.807) is 0 Å². The highest BCUT2D eigenvalue weighted by Crippen LogP contribution is 2.39. The monoisotopic (exact) mass is 443 g/mol. The number of carbonyl (C=O) groups is 3. The average molecular weight is 443 g/mol. The molecule has 1 saturated heterocycles. The fourth-order valence-corrected chi connectivity index (χ4v) is 3.61.